The first-order chi connectivity index (χ1) is 16.7. The van der Waals surface area contributed by atoms with E-state index in [1.165, 1.54) is 59.9 Å². The van der Waals surface area contributed by atoms with Gasteiger partial charge in [0, 0.05) is 43.5 Å². The van der Waals surface area contributed by atoms with Gasteiger partial charge in [-0.3, -0.25) is 35.3 Å². The van der Waals surface area contributed by atoms with Gasteiger partial charge in [0.05, 0.1) is 9.95 Å². The number of anilines is 1. The Balaban J connectivity index is 1.36. The zero-order chi connectivity index (χ0) is 25.1. The number of fused-ring (bicyclic) bond motifs is 1. The average Bonchev–Trinajstić information content (AvgIpc) is 3.18. The first kappa shape index (κ1) is 24.3. The number of non-ortho nitro benzene ring substituents is 1. The largest absolute Gasteiger partial charge is 0.322 e. The molecule has 4 rings (SSSR count). The predicted molar refractivity (Wildman–Crippen MR) is 137 cm³/mol. The number of nitro groups is 1. The number of nitro benzene ring substituents is 1. The smallest absolute Gasteiger partial charge is 0.281 e. The van der Waals surface area contributed by atoms with Gasteiger partial charge in [-0.15, -0.1) is 11.3 Å². The maximum atomic E-state index is 12.5. The van der Waals surface area contributed by atoms with E-state index in [9.17, 15) is 24.5 Å². The Kier molecular flexibility index (Phi) is 7.10. The van der Waals surface area contributed by atoms with Crippen molar-refractivity contribution in [2.75, 3.05) is 5.32 Å². The van der Waals surface area contributed by atoms with Gasteiger partial charge in [-0.1, -0.05) is 33.6 Å². The summed E-state index contributed by atoms with van der Waals surface area (Å²) in [6, 6.07) is 16.6. The Morgan fingerprint density at radius 1 is 0.857 bits per heavy atom. The van der Waals surface area contributed by atoms with Gasteiger partial charge in [-0.05, 0) is 48.5 Å². The molecule has 0 aliphatic rings. The van der Waals surface area contributed by atoms with Crippen molar-refractivity contribution in [1.82, 2.24) is 10.9 Å². The number of nitrogens with one attached hydrogen (secondary N) is 3. The van der Waals surface area contributed by atoms with E-state index in [1.807, 2.05) is 12.1 Å². The number of benzene rings is 3. The number of rotatable bonds is 5. The maximum Gasteiger partial charge on any atom is 0.281 e. The molecule has 0 aliphatic carbocycles. The highest BCUT2D eigenvalue weighted by Crippen LogP contribution is 2.36. The number of thiophene rings is 1. The Hall–Kier alpha value is -3.80. The van der Waals surface area contributed by atoms with Gasteiger partial charge in [0.2, 0.25) is 0 Å². The van der Waals surface area contributed by atoms with Gasteiger partial charge < -0.3 is 5.32 Å². The molecule has 0 bridgehead atoms. The number of hydrogen-bond acceptors (Lipinski definition) is 6. The molecule has 0 aliphatic heterocycles. The lowest BCUT2D eigenvalue weighted by molar-refractivity contribution is -0.384. The van der Waals surface area contributed by atoms with Crippen LogP contribution in [0.2, 0.25) is 5.02 Å². The van der Waals surface area contributed by atoms with E-state index in [4.69, 9.17) is 11.6 Å². The van der Waals surface area contributed by atoms with Crippen molar-refractivity contribution in [3.63, 3.8) is 0 Å². The minimum atomic E-state index is -0.563. The summed E-state index contributed by atoms with van der Waals surface area (Å²) in [6.45, 7) is 0. The third-order valence-corrected chi connectivity index (χ3v) is 6.98. The Morgan fingerprint density at radius 3 is 2.11 bits per heavy atom. The molecule has 1 heterocycles. The van der Waals surface area contributed by atoms with Crippen LogP contribution in [0, 0.1) is 10.1 Å². The third kappa shape index (κ3) is 5.48. The van der Waals surface area contributed by atoms with Crippen LogP contribution >= 0.6 is 38.9 Å². The van der Waals surface area contributed by atoms with E-state index in [-0.39, 0.29) is 21.7 Å². The van der Waals surface area contributed by atoms with Gasteiger partial charge in [-0.25, -0.2) is 0 Å². The summed E-state index contributed by atoms with van der Waals surface area (Å²) in [4.78, 5) is 47.7. The molecule has 0 fully saturated rings. The normalized spacial score (nSPS) is 10.6. The van der Waals surface area contributed by atoms with E-state index in [0.29, 0.717) is 10.7 Å². The second-order valence-electron chi connectivity index (χ2n) is 7.13. The third-order valence-electron chi connectivity index (χ3n) is 4.83. The Morgan fingerprint density at radius 2 is 1.46 bits per heavy atom. The summed E-state index contributed by atoms with van der Waals surface area (Å²) in [6.07, 6.45) is 0. The van der Waals surface area contributed by atoms with E-state index >= 15 is 0 Å². The molecular formula is C23H14BrClN4O5S. The number of halogens is 2. The van der Waals surface area contributed by atoms with Crippen LogP contribution in [-0.4, -0.2) is 22.6 Å². The van der Waals surface area contributed by atoms with Gasteiger partial charge in [0.25, 0.3) is 23.4 Å². The quantitative estimate of drug-likeness (QED) is 0.213. The van der Waals surface area contributed by atoms with Crippen molar-refractivity contribution < 1.29 is 19.3 Å². The van der Waals surface area contributed by atoms with Gasteiger partial charge >= 0.3 is 0 Å². The summed E-state index contributed by atoms with van der Waals surface area (Å²) in [5.41, 5.74) is 5.47. The van der Waals surface area contributed by atoms with Crippen LogP contribution in [0.4, 0.5) is 11.4 Å². The zero-order valence-corrected chi connectivity index (χ0v) is 20.7. The predicted octanol–water partition coefficient (Wildman–Crippen LogP) is 5.55. The molecule has 4 aromatic rings. The first-order valence-corrected chi connectivity index (χ1v) is 11.9. The molecule has 3 N–H and O–H groups in total. The van der Waals surface area contributed by atoms with Crippen LogP contribution in [0.1, 0.15) is 30.4 Å². The minimum Gasteiger partial charge on any atom is -0.322 e. The van der Waals surface area contributed by atoms with Crippen LogP contribution in [0.15, 0.2) is 71.2 Å². The molecule has 35 heavy (non-hydrogen) atoms. The molecule has 3 aromatic carbocycles. The molecule has 0 spiro atoms. The van der Waals surface area contributed by atoms with Crippen LogP contribution in [0.25, 0.3) is 10.1 Å². The monoisotopic (exact) mass is 572 g/mol. The molecule has 0 unspecified atom stereocenters. The molecule has 12 heteroatoms. The number of carbonyl (C=O) groups is 3. The summed E-state index contributed by atoms with van der Waals surface area (Å²) in [5, 5.41) is 14.4. The number of hydrazine groups is 1. The van der Waals surface area contributed by atoms with Crippen molar-refractivity contribution in [3.05, 3.63) is 102 Å². The van der Waals surface area contributed by atoms with Crippen LogP contribution in [0.5, 0.6) is 0 Å². The van der Waals surface area contributed by atoms with Crippen molar-refractivity contribution in [2.24, 2.45) is 0 Å². The van der Waals surface area contributed by atoms with Crippen LogP contribution < -0.4 is 16.2 Å². The molecule has 1 aromatic heterocycles. The first-order valence-electron chi connectivity index (χ1n) is 9.87. The summed E-state index contributed by atoms with van der Waals surface area (Å²) < 4.78 is 1.68. The highest BCUT2D eigenvalue weighted by atomic mass is 79.9. The zero-order valence-electron chi connectivity index (χ0n) is 17.5. The van der Waals surface area contributed by atoms with Gasteiger partial charge in [0.15, 0.2) is 0 Å². The average molecular weight is 574 g/mol. The van der Waals surface area contributed by atoms with E-state index in [1.54, 1.807) is 6.07 Å². The van der Waals surface area contributed by atoms with Crippen LogP contribution in [0.3, 0.4) is 0 Å². The molecular weight excluding hydrogens is 560 g/mol. The second kappa shape index (κ2) is 10.2. The van der Waals surface area contributed by atoms with Crippen molar-refractivity contribution in [1.29, 1.82) is 0 Å². The molecule has 9 nitrogen and oxygen atoms in total. The molecule has 3 amide bonds. The van der Waals surface area contributed by atoms with E-state index in [2.05, 4.69) is 32.1 Å². The molecule has 0 radical (unpaired) electrons. The van der Waals surface area contributed by atoms with Gasteiger partial charge in [0.1, 0.15) is 4.88 Å². The molecule has 176 valence electrons. The van der Waals surface area contributed by atoms with E-state index < -0.39 is 22.6 Å². The molecule has 0 atom stereocenters. The summed E-state index contributed by atoms with van der Waals surface area (Å²) in [5.74, 6) is -1.57. The summed E-state index contributed by atoms with van der Waals surface area (Å²) >= 11 is 10.9. The maximum absolute atomic E-state index is 12.5. The fourth-order valence-electron chi connectivity index (χ4n) is 3.07. The second-order valence-corrected chi connectivity index (χ2v) is 9.48. The van der Waals surface area contributed by atoms with Gasteiger partial charge in [-0.2, -0.15) is 0 Å². The lowest BCUT2D eigenvalue weighted by atomic mass is 10.1. The highest BCUT2D eigenvalue weighted by Gasteiger charge is 2.18. The van der Waals surface area contributed by atoms with Crippen molar-refractivity contribution >= 4 is 78.1 Å². The summed E-state index contributed by atoms with van der Waals surface area (Å²) in [7, 11) is 0. The van der Waals surface area contributed by atoms with Crippen molar-refractivity contribution in [2.45, 2.75) is 0 Å². The standard InChI is InChI=1S/C23H14BrClN4O5S/c24-14-5-10-17-18(11-14)35-20(19(17)25)23(32)28-27-22(31)13-1-6-15(7-2-13)26-21(30)12-3-8-16(9-4-12)29(33)34/h1-11H,(H,26,30)(H,27,31)(H,28,32). The Bertz CT molecular complexity index is 1470. The number of carbonyl (C=O) groups excluding carboxylic acids is 3. The SMILES string of the molecule is O=C(NNC(=O)c1sc2cc(Br)ccc2c1Cl)c1ccc(NC(=O)c2ccc([N+](=O)[O-])cc2)cc1. The number of hydrogen-bond donors (Lipinski definition) is 3. The van der Waals surface area contributed by atoms with Crippen LogP contribution in [-0.2, 0) is 0 Å². The lowest BCUT2D eigenvalue weighted by Gasteiger charge is -2.08. The molecule has 0 saturated carbocycles. The fraction of sp³-hybridized carbons (Fsp3) is 0. The number of amides is 3. The number of nitrogens with zero attached hydrogens (tertiary/aromatic N) is 1. The topological polar surface area (TPSA) is 130 Å². The lowest BCUT2D eigenvalue weighted by Crippen LogP contribution is -2.41. The minimum absolute atomic E-state index is 0.119. The highest BCUT2D eigenvalue weighted by molar-refractivity contribution is 9.10. The Labute approximate surface area is 215 Å². The van der Waals surface area contributed by atoms with Crippen molar-refractivity contribution in [3.8, 4) is 0 Å². The molecule has 0 saturated heterocycles. The fourth-order valence-corrected chi connectivity index (χ4v) is 5.03. The van der Waals surface area contributed by atoms with E-state index in [0.717, 1.165) is 14.6 Å².